The van der Waals surface area contributed by atoms with Gasteiger partial charge < -0.3 is 4.98 Å². The fourth-order valence-corrected chi connectivity index (χ4v) is 2.18. The lowest BCUT2D eigenvalue weighted by atomic mass is 10.2. The minimum Gasteiger partial charge on any atom is -0.352 e. The maximum Gasteiger partial charge on any atom is 0.328 e. The summed E-state index contributed by atoms with van der Waals surface area (Å²) < 4.78 is 0. The van der Waals surface area contributed by atoms with Crippen molar-refractivity contribution >= 4 is 34.8 Å². The number of nitrogens with zero attached hydrogens (tertiary/aromatic N) is 1. The second-order valence-corrected chi connectivity index (χ2v) is 4.37. The molecule has 0 unspecified atom stereocenters. The monoisotopic (exact) mass is 257 g/mol. The van der Waals surface area contributed by atoms with Crippen molar-refractivity contribution in [2.75, 3.05) is 11.4 Å². The molecule has 2 N–H and O–H groups in total. The minimum atomic E-state index is -0.419. The van der Waals surface area contributed by atoms with Crippen molar-refractivity contribution in [3.63, 3.8) is 0 Å². The number of anilines is 1. The van der Waals surface area contributed by atoms with Gasteiger partial charge in [-0.05, 0) is 18.2 Å². The minimum absolute atomic E-state index is 0.259. The molecule has 96 valence electrons. The molecule has 1 saturated heterocycles. The number of benzene rings is 1. The van der Waals surface area contributed by atoms with E-state index in [0.717, 1.165) is 17.2 Å². The SMILES string of the molecule is O=Cc1cc2ccc(N3CCC(=O)NC3=O)cc2[nH]1. The Balaban J connectivity index is 1.98. The van der Waals surface area contributed by atoms with E-state index in [9.17, 15) is 14.4 Å². The standard InChI is InChI=1S/C13H11N3O3/c17-7-9-5-8-1-2-10(6-11(8)14-9)16-4-3-12(18)15-13(16)19/h1-2,5-7,14H,3-4H2,(H,15,18,19). The summed E-state index contributed by atoms with van der Waals surface area (Å²) in [4.78, 5) is 38.0. The third kappa shape index (κ3) is 1.97. The number of fused-ring (bicyclic) bond motifs is 1. The second-order valence-electron chi connectivity index (χ2n) is 4.37. The maximum atomic E-state index is 11.7. The van der Waals surface area contributed by atoms with Gasteiger partial charge in [-0.15, -0.1) is 0 Å². The highest BCUT2D eigenvalue weighted by atomic mass is 16.2. The number of rotatable bonds is 2. The van der Waals surface area contributed by atoms with Crippen LogP contribution in [0.5, 0.6) is 0 Å². The van der Waals surface area contributed by atoms with E-state index in [1.54, 1.807) is 18.2 Å². The van der Waals surface area contributed by atoms with Gasteiger partial charge in [0.25, 0.3) is 0 Å². The van der Waals surface area contributed by atoms with Crippen LogP contribution in [0, 0.1) is 0 Å². The summed E-state index contributed by atoms with van der Waals surface area (Å²) in [6, 6.07) is 6.74. The Morgan fingerprint density at radius 2 is 2.05 bits per heavy atom. The van der Waals surface area contributed by atoms with Crippen LogP contribution in [0.3, 0.4) is 0 Å². The molecule has 1 aliphatic heterocycles. The maximum absolute atomic E-state index is 11.7. The predicted molar refractivity (Wildman–Crippen MR) is 69.2 cm³/mol. The van der Waals surface area contributed by atoms with Gasteiger partial charge in [0, 0.05) is 29.6 Å². The Labute approximate surface area is 108 Å². The number of hydrogen-bond donors (Lipinski definition) is 2. The number of H-pyrrole nitrogens is 1. The summed E-state index contributed by atoms with van der Waals surface area (Å²) in [7, 11) is 0. The zero-order valence-corrected chi connectivity index (χ0v) is 9.97. The fraction of sp³-hybridized carbons (Fsp3) is 0.154. The molecule has 0 aliphatic carbocycles. The molecule has 19 heavy (non-hydrogen) atoms. The topological polar surface area (TPSA) is 82.3 Å². The van der Waals surface area contributed by atoms with Crippen molar-refractivity contribution in [3.8, 4) is 0 Å². The van der Waals surface area contributed by atoms with Crippen LogP contribution < -0.4 is 10.2 Å². The quantitative estimate of drug-likeness (QED) is 0.798. The van der Waals surface area contributed by atoms with Gasteiger partial charge in [-0.2, -0.15) is 0 Å². The first-order chi connectivity index (χ1) is 9.17. The van der Waals surface area contributed by atoms with Gasteiger partial charge in [0.2, 0.25) is 5.91 Å². The van der Waals surface area contributed by atoms with E-state index in [2.05, 4.69) is 10.3 Å². The van der Waals surface area contributed by atoms with Crippen molar-refractivity contribution in [2.24, 2.45) is 0 Å². The number of hydrogen-bond acceptors (Lipinski definition) is 3. The largest absolute Gasteiger partial charge is 0.352 e. The molecule has 0 radical (unpaired) electrons. The summed E-state index contributed by atoms with van der Waals surface area (Å²) >= 11 is 0. The lowest BCUT2D eigenvalue weighted by molar-refractivity contribution is -0.120. The van der Waals surface area contributed by atoms with E-state index in [0.29, 0.717) is 17.9 Å². The Morgan fingerprint density at radius 1 is 1.21 bits per heavy atom. The zero-order chi connectivity index (χ0) is 13.4. The number of nitrogens with one attached hydrogen (secondary N) is 2. The third-order valence-electron chi connectivity index (χ3n) is 3.12. The van der Waals surface area contributed by atoms with Crippen molar-refractivity contribution < 1.29 is 14.4 Å². The van der Waals surface area contributed by atoms with Crippen molar-refractivity contribution in [3.05, 3.63) is 30.0 Å². The Kier molecular flexibility index (Phi) is 2.56. The molecule has 0 spiro atoms. The number of aromatic nitrogens is 1. The number of urea groups is 1. The molecule has 6 nitrogen and oxygen atoms in total. The molecule has 0 bridgehead atoms. The van der Waals surface area contributed by atoms with Crippen LogP contribution in [0.4, 0.5) is 10.5 Å². The number of aromatic amines is 1. The molecular formula is C13H11N3O3. The van der Waals surface area contributed by atoms with Crippen LogP contribution in [0.15, 0.2) is 24.3 Å². The van der Waals surface area contributed by atoms with Crippen molar-refractivity contribution in [2.45, 2.75) is 6.42 Å². The van der Waals surface area contributed by atoms with Crippen molar-refractivity contribution in [1.82, 2.24) is 10.3 Å². The van der Waals surface area contributed by atoms with Gasteiger partial charge in [-0.1, -0.05) is 6.07 Å². The lowest BCUT2D eigenvalue weighted by Crippen LogP contribution is -2.49. The average Bonchev–Trinajstić information content (AvgIpc) is 2.80. The molecule has 2 aromatic rings. The number of amides is 3. The van der Waals surface area contributed by atoms with Gasteiger partial charge in [-0.3, -0.25) is 19.8 Å². The Bertz CT molecular complexity index is 689. The summed E-state index contributed by atoms with van der Waals surface area (Å²) in [6.07, 6.45) is 1.03. The van der Waals surface area contributed by atoms with E-state index >= 15 is 0 Å². The highest BCUT2D eigenvalue weighted by Crippen LogP contribution is 2.23. The summed E-state index contributed by atoms with van der Waals surface area (Å²) in [6.45, 7) is 0.359. The Morgan fingerprint density at radius 3 is 2.79 bits per heavy atom. The van der Waals surface area contributed by atoms with Crippen molar-refractivity contribution in [1.29, 1.82) is 0 Å². The molecule has 0 saturated carbocycles. The van der Waals surface area contributed by atoms with Crippen LogP contribution in [-0.2, 0) is 4.79 Å². The van der Waals surface area contributed by atoms with Gasteiger partial charge >= 0.3 is 6.03 Å². The molecule has 1 aromatic carbocycles. The molecule has 0 atom stereocenters. The first-order valence-corrected chi connectivity index (χ1v) is 5.87. The number of aldehydes is 1. The van der Waals surface area contributed by atoms with E-state index in [1.165, 1.54) is 4.90 Å². The molecule has 6 heteroatoms. The lowest BCUT2D eigenvalue weighted by Gasteiger charge is -2.26. The summed E-state index contributed by atoms with van der Waals surface area (Å²) in [5.74, 6) is -0.259. The molecule has 1 aliphatic rings. The third-order valence-corrected chi connectivity index (χ3v) is 3.12. The summed E-state index contributed by atoms with van der Waals surface area (Å²) in [5, 5.41) is 3.18. The Hall–Kier alpha value is -2.63. The van der Waals surface area contributed by atoms with E-state index in [4.69, 9.17) is 0 Å². The molecule has 3 rings (SSSR count). The summed E-state index contributed by atoms with van der Waals surface area (Å²) in [5.41, 5.74) is 1.96. The number of carbonyl (C=O) groups excluding carboxylic acids is 3. The zero-order valence-electron chi connectivity index (χ0n) is 9.97. The smallest absolute Gasteiger partial charge is 0.328 e. The predicted octanol–water partition coefficient (Wildman–Crippen LogP) is 1.43. The van der Waals surface area contributed by atoms with Gasteiger partial charge in [-0.25, -0.2) is 4.79 Å². The number of imide groups is 1. The molecular weight excluding hydrogens is 246 g/mol. The van der Waals surface area contributed by atoms with Crippen LogP contribution in [0.2, 0.25) is 0 Å². The molecule has 3 amide bonds. The normalized spacial score (nSPS) is 15.7. The van der Waals surface area contributed by atoms with Crippen LogP contribution in [0.1, 0.15) is 16.9 Å². The van der Waals surface area contributed by atoms with Gasteiger partial charge in [0.15, 0.2) is 6.29 Å². The number of carbonyl (C=O) groups is 3. The van der Waals surface area contributed by atoms with Gasteiger partial charge in [0.1, 0.15) is 0 Å². The van der Waals surface area contributed by atoms with E-state index < -0.39 is 6.03 Å². The second kappa shape index (κ2) is 4.24. The highest BCUT2D eigenvalue weighted by Gasteiger charge is 2.24. The van der Waals surface area contributed by atoms with Crippen LogP contribution in [0.25, 0.3) is 10.9 Å². The molecule has 1 aromatic heterocycles. The first kappa shape index (κ1) is 11.5. The highest BCUT2D eigenvalue weighted by molar-refractivity contribution is 6.06. The molecule has 2 heterocycles. The first-order valence-electron chi connectivity index (χ1n) is 5.87. The average molecular weight is 257 g/mol. The van der Waals surface area contributed by atoms with E-state index in [1.807, 2.05) is 6.07 Å². The van der Waals surface area contributed by atoms with Crippen LogP contribution >= 0.6 is 0 Å². The van der Waals surface area contributed by atoms with Crippen LogP contribution in [-0.4, -0.2) is 29.8 Å². The molecule has 1 fully saturated rings. The van der Waals surface area contributed by atoms with Gasteiger partial charge in [0.05, 0.1) is 5.69 Å². The fourth-order valence-electron chi connectivity index (χ4n) is 2.18. The van der Waals surface area contributed by atoms with E-state index in [-0.39, 0.29) is 12.3 Å².